The summed E-state index contributed by atoms with van der Waals surface area (Å²) in [5, 5.41) is 0. The van der Waals surface area contributed by atoms with Gasteiger partial charge in [-0.2, -0.15) is 0 Å². The average Bonchev–Trinajstić information content (AvgIpc) is 2.26. The zero-order valence-corrected chi connectivity index (χ0v) is 13.5. The van der Waals surface area contributed by atoms with Crippen LogP contribution in [0.1, 0.15) is 29.8 Å². The van der Waals surface area contributed by atoms with Crippen LogP contribution in [0.3, 0.4) is 0 Å². The molecule has 0 unspecified atom stereocenters. The van der Waals surface area contributed by atoms with E-state index in [1.54, 1.807) is 43.8 Å². The Morgan fingerprint density at radius 1 is 1.39 bits per heavy atom. The standard InChI is InChI=1S/C12H14O3.2ClH.Ru/c1-8(2)15-12(13)11-6-5-10(14-4)7-9(11)3;;;/h3,5-8H,1-2,4H3;2*1H;/q;;;+2/p-2. The van der Waals surface area contributed by atoms with E-state index in [4.69, 9.17) is 28.9 Å². The van der Waals surface area contributed by atoms with Crippen molar-refractivity contribution < 1.29 is 27.8 Å². The fourth-order valence-electron chi connectivity index (χ4n) is 1.30. The van der Waals surface area contributed by atoms with Gasteiger partial charge in [0, 0.05) is 0 Å². The SMILES string of the molecule is COc1ccc(C(=O)OC(C)C)c([CH]=[Ru]([Cl])[Cl])c1. The predicted molar refractivity (Wildman–Crippen MR) is 70.4 cm³/mol. The quantitative estimate of drug-likeness (QED) is 0.596. The first-order valence-electron chi connectivity index (χ1n) is 5.16. The van der Waals surface area contributed by atoms with Crippen LogP contribution in [-0.4, -0.2) is 23.8 Å². The molecule has 6 heteroatoms. The van der Waals surface area contributed by atoms with E-state index < -0.39 is 13.5 Å². The molecule has 0 aliphatic carbocycles. The molecule has 0 spiro atoms. The van der Waals surface area contributed by atoms with Gasteiger partial charge in [-0.15, -0.1) is 0 Å². The molecule has 0 N–H and O–H groups in total. The van der Waals surface area contributed by atoms with Gasteiger partial charge < -0.3 is 0 Å². The van der Waals surface area contributed by atoms with Gasteiger partial charge in [0.2, 0.25) is 0 Å². The Bertz CT molecular complexity index is 468. The van der Waals surface area contributed by atoms with Crippen LogP contribution in [0.4, 0.5) is 0 Å². The van der Waals surface area contributed by atoms with Gasteiger partial charge in [-0.1, -0.05) is 0 Å². The molecule has 0 fully saturated rings. The molecule has 0 aliphatic heterocycles. The summed E-state index contributed by atoms with van der Waals surface area (Å²) >= 11 is -2.02. The monoisotopic (exact) mass is 378 g/mol. The number of ether oxygens (including phenoxy) is 2. The summed E-state index contributed by atoms with van der Waals surface area (Å²) < 4.78 is 12.0. The summed E-state index contributed by atoms with van der Waals surface area (Å²) in [4.78, 5) is 11.9. The van der Waals surface area contributed by atoms with Crippen molar-refractivity contribution in [2.45, 2.75) is 20.0 Å². The topological polar surface area (TPSA) is 35.5 Å². The Morgan fingerprint density at radius 2 is 2.06 bits per heavy atom. The molecule has 0 aromatic heterocycles. The summed E-state index contributed by atoms with van der Waals surface area (Å²) in [5.41, 5.74) is 1.10. The van der Waals surface area contributed by atoms with Crippen molar-refractivity contribution in [1.82, 2.24) is 0 Å². The van der Waals surface area contributed by atoms with Gasteiger partial charge in [-0.05, 0) is 0 Å². The van der Waals surface area contributed by atoms with Gasteiger partial charge in [0.15, 0.2) is 0 Å². The number of rotatable bonds is 4. The molecule has 0 atom stereocenters. The Morgan fingerprint density at radius 3 is 2.56 bits per heavy atom. The summed E-state index contributed by atoms with van der Waals surface area (Å²) in [6.07, 6.45) is -0.173. The summed E-state index contributed by atoms with van der Waals surface area (Å²) in [6, 6.07) is 5.08. The molecule has 0 saturated heterocycles. The van der Waals surface area contributed by atoms with Gasteiger partial charge in [0.1, 0.15) is 0 Å². The fraction of sp³-hybridized carbons (Fsp3) is 0.333. The molecule has 3 nitrogen and oxygen atoms in total. The van der Waals surface area contributed by atoms with E-state index in [0.29, 0.717) is 16.9 Å². The molecule has 0 bridgehead atoms. The molecule has 1 aromatic carbocycles. The number of hydrogen-bond donors (Lipinski definition) is 0. The van der Waals surface area contributed by atoms with Crippen molar-refractivity contribution in [3.05, 3.63) is 29.3 Å². The van der Waals surface area contributed by atoms with Crippen LogP contribution in [0.2, 0.25) is 0 Å². The van der Waals surface area contributed by atoms with Crippen molar-refractivity contribution in [2.75, 3.05) is 7.11 Å². The Labute approximate surface area is 119 Å². The molecule has 18 heavy (non-hydrogen) atoms. The van der Waals surface area contributed by atoms with Gasteiger partial charge >= 0.3 is 120 Å². The second kappa shape index (κ2) is 7.23. The van der Waals surface area contributed by atoms with Crippen molar-refractivity contribution in [2.24, 2.45) is 0 Å². The molecule has 0 aliphatic rings. The third-order valence-corrected chi connectivity index (χ3v) is 3.84. The van der Waals surface area contributed by atoms with Crippen LogP contribution in [0.5, 0.6) is 5.75 Å². The van der Waals surface area contributed by atoms with Crippen molar-refractivity contribution in [3.8, 4) is 5.75 Å². The van der Waals surface area contributed by atoms with Crippen molar-refractivity contribution in [1.29, 1.82) is 0 Å². The van der Waals surface area contributed by atoms with E-state index >= 15 is 0 Å². The zero-order chi connectivity index (χ0) is 13.7. The number of methoxy groups -OCH3 is 1. The van der Waals surface area contributed by atoms with Gasteiger partial charge in [-0.3, -0.25) is 0 Å². The molecule has 0 amide bonds. The van der Waals surface area contributed by atoms with Crippen LogP contribution in [0, 0.1) is 0 Å². The number of carbonyl (C=O) groups excluding carboxylic acids is 1. The zero-order valence-electron chi connectivity index (χ0n) is 10.2. The molecule has 0 heterocycles. The molecule has 102 valence electrons. The minimum atomic E-state index is -2.02. The molecular formula is C12H14Cl2O3Ru. The van der Waals surface area contributed by atoms with E-state index in [1.165, 1.54) is 0 Å². The molecule has 0 saturated carbocycles. The van der Waals surface area contributed by atoms with Crippen LogP contribution in [0.15, 0.2) is 18.2 Å². The number of halogens is 2. The number of esters is 1. The molecule has 1 aromatic rings. The molecular weight excluding hydrogens is 364 g/mol. The fourth-order valence-corrected chi connectivity index (χ4v) is 3.11. The van der Waals surface area contributed by atoms with E-state index in [-0.39, 0.29) is 12.1 Å². The number of carbonyl (C=O) groups is 1. The summed E-state index contributed by atoms with van der Waals surface area (Å²) in [7, 11) is 13.3. The Balaban J connectivity index is 3.17. The van der Waals surface area contributed by atoms with E-state index in [0.717, 1.165) is 0 Å². The minimum absolute atomic E-state index is 0.173. The van der Waals surface area contributed by atoms with Crippen LogP contribution < -0.4 is 4.74 Å². The average molecular weight is 378 g/mol. The van der Waals surface area contributed by atoms with Crippen LogP contribution >= 0.6 is 19.4 Å². The van der Waals surface area contributed by atoms with Gasteiger partial charge in [-0.25, -0.2) is 0 Å². The first-order valence-corrected chi connectivity index (χ1v) is 10.6. The van der Waals surface area contributed by atoms with Crippen LogP contribution in [0.25, 0.3) is 0 Å². The number of hydrogen-bond acceptors (Lipinski definition) is 3. The third kappa shape index (κ3) is 4.68. The first kappa shape index (κ1) is 15.6. The molecule has 0 radical (unpaired) electrons. The summed E-state index contributed by atoms with van der Waals surface area (Å²) in [5.74, 6) is 0.258. The number of benzene rings is 1. The Hall–Kier alpha value is -0.437. The second-order valence-corrected chi connectivity index (χ2v) is 9.44. The normalized spacial score (nSPS) is 11.1. The van der Waals surface area contributed by atoms with Crippen LogP contribution in [-0.2, 0) is 18.3 Å². The van der Waals surface area contributed by atoms with Crippen molar-refractivity contribution in [3.63, 3.8) is 0 Å². The maximum absolute atomic E-state index is 11.9. The summed E-state index contributed by atoms with van der Waals surface area (Å²) in [6.45, 7) is 3.59. The molecule has 1 rings (SSSR count). The predicted octanol–water partition coefficient (Wildman–Crippen LogP) is 3.34. The van der Waals surface area contributed by atoms with Gasteiger partial charge in [0.05, 0.1) is 0 Å². The Kier molecular flexibility index (Phi) is 6.27. The van der Waals surface area contributed by atoms with Crippen molar-refractivity contribution >= 4 is 30.0 Å². The first-order chi connectivity index (χ1) is 8.43. The van der Waals surface area contributed by atoms with E-state index in [9.17, 15) is 4.79 Å². The van der Waals surface area contributed by atoms with E-state index in [1.807, 2.05) is 0 Å². The van der Waals surface area contributed by atoms with Gasteiger partial charge in [0.25, 0.3) is 0 Å². The third-order valence-electron chi connectivity index (χ3n) is 2.01. The maximum atomic E-state index is 11.9. The second-order valence-electron chi connectivity index (χ2n) is 3.71. The van der Waals surface area contributed by atoms with E-state index in [2.05, 4.69) is 0 Å².